The first-order chi connectivity index (χ1) is 11.6. The zero-order valence-corrected chi connectivity index (χ0v) is 14.8. The Hall–Kier alpha value is -1.86. The molecule has 0 bridgehead atoms. The predicted molar refractivity (Wildman–Crippen MR) is 95.9 cm³/mol. The van der Waals surface area contributed by atoms with Crippen molar-refractivity contribution in [3.05, 3.63) is 46.4 Å². The molecule has 1 aromatic heterocycles. The molecular weight excluding hydrogens is 342 g/mol. The first-order valence-corrected chi connectivity index (χ1v) is 9.75. The molecule has 1 atom stereocenters. The number of nitrogens with two attached hydrogens (primary N) is 1. The summed E-state index contributed by atoms with van der Waals surface area (Å²) in [5, 5.41) is 2.01. The number of carbonyl (C=O) groups excluding carboxylic acids is 2. The molecule has 2 N–H and O–H groups in total. The first kappa shape index (κ1) is 17.0. The summed E-state index contributed by atoms with van der Waals surface area (Å²) in [4.78, 5) is 31.3. The minimum Gasteiger partial charge on any atom is -0.369 e. The summed E-state index contributed by atoms with van der Waals surface area (Å²) < 4.78 is 0. The number of rotatable bonds is 5. The molecule has 0 radical (unpaired) electrons. The molecule has 1 saturated heterocycles. The highest BCUT2D eigenvalue weighted by molar-refractivity contribution is 7.98. The topological polar surface area (TPSA) is 76.3 Å². The Labute approximate surface area is 149 Å². The maximum absolute atomic E-state index is 12.9. The van der Waals surface area contributed by atoms with E-state index in [1.807, 2.05) is 35.2 Å². The molecule has 126 valence electrons. The Bertz CT molecular complexity index is 718. The van der Waals surface area contributed by atoms with Crippen molar-refractivity contribution in [3.8, 4) is 0 Å². The molecule has 0 aliphatic carbocycles. The summed E-state index contributed by atoms with van der Waals surface area (Å²) in [6.45, 7) is 1.09. The van der Waals surface area contributed by atoms with Gasteiger partial charge in [0.2, 0.25) is 5.91 Å². The van der Waals surface area contributed by atoms with Crippen molar-refractivity contribution < 1.29 is 9.59 Å². The van der Waals surface area contributed by atoms with E-state index < -0.39 is 0 Å². The molecular formula is C17H19N3O2S2. The van der Waals surface area contributed by atoms with E-state index in [4.69, 9.17) is 5.73 Å². The molecule has 2 amide bonds. The molecule has 1 aliphatic heterocycles. The largest absolute Gasteiger partial charge is 0.369 e. The molecule has 1 aliphatic rings. The minimum absolute atomic E-state index is 0.0256. The van der Waals surface area contributed by atoms with Crippen LogP contribution in [0, 0.1) is 5.92 Å². The number of carbonyl (C=O) groups is 2. The van der Waals surface area contributed by atoms with Gasteiger partial charge in [-0.05, 0) is 25.0 Å². The number of hydrogen-bond donors (Lipinski definition) is 1. The van der Waals surface area contributed by atoms with Crippen molar-refractivity contribution in [1.82, 2.24) is 9.88 Å². The first-order valence-electron chi connectivity index (χ1n) is 7.82. The third-order valence-electron chi connectivity index (χ3n) is 4.09. The van der Waals surface area contributed by atoms with Crippen LogP contribution in [0.1, 0.15) is 28.9 Å². The Morgan fingerprint density at radius 2 is 2.21 bits per heavy atom. The van der Waals surface area contributed by atoms with E-state index in [1.165, 1.54) is 0 Å². The van der Waals surface area contributed by atoms with E-state index in [-0.39, 0.29) is 17.7 Å². The van der Waals surface area contributed by atoms with Crippen LogP contribution in [0.3, 0.4) is 0 Å². The van der Waals surface area contributed by atoms with Crippen LogP contribution in [0.5, 0.6) is 0 Å². The standard InChI is InChI=1S/C17H19N3O2S2/c18-16(21)12-4-3-7-20(8-12)17(22)14-5-1-2-6-15(14)24-10-13-9-23-11-19-13/h1-2,5-6,9,11-12H,3-4,7-8,10H2,(H2,18,21). The Kier molecular flexibility index (Phi) is 5.52. The number of piperidine rings is 1. The van der Waals surface area contributed by atoms with Gasteiger partial charge in [0.1, 0.15) is 0 Å². The van der Waals surface area contributed by atoms with Crippen LogP contribution in [0.2, 0.25) is 0 Å². The monoisotopic (exact) mass is 361 g/mol. The Morgan fingerprint density at radius 1 is 1.38 bits per heavy atom. The normalized spacial score (nSPS) is 17.7. The third kappa shape index (κ3) is 3.96. The Morgan fingerprint density at radius 3 is 2.96 bits per heavy atom. The average Bonchev–Trinajstić information content (AvgIpc) is 3.13. The van der Waals surface area contributed by atoms with Gasteiger partial charge in [-0.25, -0.2) is 4.98 Å². The molecule has 1 unspecified atom stereocenters. The van der Waals surface area contributed by atoms with Gasteiger partial charge in [-0.15, -0.1) is 23.1 Å². The van der Waals surface area contributed by atoms with Crippen molar-refractivity contribution >= 4 is 34.9 Å². The van der Waals surface area contributed by atoms with E-state index >= 15 is 0 Å². The summed E-state index contributed by atoms with van der Waals surface area (Å²) in [6.07, 6.45) is 1.58. The number of amides is 2. The van der Waals surface area contributed by atoms with Crippen molar-refractivity contribution in [2.75, 3.05) is 13.1 Å². The van der Waals surface area contributed by atoms with Crippen LogP contribution in [-0.4, -0.2) is 34.8 Å². The number of primary amides is 1. The van der Waals surface area contributed by atoms with Gasteiger partial charge in [0.25, 0.3) is 5.91 Å². The Balaban J connectivity index is 1.73. The van der Waals surface area contributed by atoms with Crippen LogP contribution in [0.4, 0.5) is 0 Å². The summed E-state index contributed by atoms with van der Waals surface area (Å²) in [5.74, 6) is 0.149. The van der Waals surface area contributed by atoms with E-state index in [0.717, 1.165) is 29.2 Å². The average molecular weight is 361 g/mol. The number of thioether (sulfide) groups is 1. The fourth-order valence-electron chi connectivity index (χ4n) is 2.79. The number of aromatic nitrogens is 1. The molecule has 1 fully saturated rings. The fraction of sp³-hybridized carbons (Fsp3) is 0.353. The van der Waals surface area contributed by atoms with Gasteiger partial charge in [-0.2, -0.15) is 0 Å². The van der Waals surface area contributed by atoms with Crippen LogP contribution < -0.4 is 5.73 Å². The lowest BCUT2D eigenvalue weighted by Crippen LogP contribution is -2.44. The smallest absolute Gasteiger partial charge is 0.255 e. The molecule has 3 rings (SSSR count). The number of benzene rings is 1. The summed E-state index contributed by atoms with van der Waals surface area (Å²) in [6, 6.07) is 7.61. The minimum atomic E-state index is -0.321. The maximum Gasteiger partial charge on any atom is 0.255 e. The highest BCUT2D eigenvalue weighted by atomic mass is 32.2. The number of thiazole rings is 1. The van der Waals surface area contributed by atoms with Crippen LogP contribution in [0.15, 0.2) is 40.1 Å². The molecule has 0 spiro atoms. The van der Waals surface area contributed by atoms with Gasteiger partial charge in [0, 0.05) is 29.1 Å². The molecule has 2 heterocycles. The fourth-order valence-corrected chi connectivity index (χ4v) is 4.40. The number of nitrogens with zero attached hydrogens (tertiary/aromatic N) is 2. The lowest BCUT2D eigenvalue weighted by molar-refractivity contribution is -0.123. The summed E-state index contributed by atoms with van der Waals surface area (Å²) >= 11 is 3.18. The molecule has 5 nitrogen and oxygen atoms in total. The second-order valence-corrected chi connectivity index (χ2v) is 7.49. The van der Waals surface area contributed by atoms with Gasteiger partial charge in [0.15, 0.2) is 0 Å². The molecule has 1 aromatic carbocycles. The second kappa shape index (κ2) is 7.81. The highest BCUT2D eigenvalue weighted by Gasteiger charge is 2.28. The van der Waals surface area contributed by atoms with E-state index in [9.17, 15) is 9.59 Å². The van der Waals surface area contributed by atoms with Gasteiger partial charge in [0.05, 0.1) is 22.7 Å². The van der Waals surface area contributed by atoms with E-state index in [0.29, 0.717) is 18.7 Å². The van der Waals surface area contributed by atoms with Crippen LogP contribution >= 0.6 is 23.1 Å². The van der Waals surface area contributed by atoms with Crippen LogP contribution in [-0.2, 0) is 10.5 Å². The summed E-state index contributed by atoms with van der Waals surface area (Å²) in [5.41, 5.74) is 8.92. The lowest BCUT2D eigenvalue weighted by atomic mass is 9.97. The van der Waals surface area contributed by atoms with Crippen molar-refractivity contribution in [2.24, 2.45) is 11.7 Å². The van der Waals surface area contributed by atoms with Gasteiger partial charge < -0.3 is 10.6 Å². The van der Waals surface area contributed by atoms with E-state index in [1.54, 1.807) is 28.0 Å². The molecule has 2 aromatic rings. The van der Waals surface area contributed by atoms with Crippen molar-refractivity contribution in [3.63, 3.8) is 0 Å². The quantitative estimate of drug-likeness (QED) is 0.831. The van der Waals surface area contributed by atoms with Gasteiger partial charge in [-0.3, -0.25) is 9.59 Å². The second-order valence-electron chi connectivity index (χ2n) is 5.76. The lowest BCUT2D eigenvalue weighted by Gasteiger charge is -2.31. The van der Waals surface area contributed by atoms with Crippen molar-refractivity contribution in [1.29, 1.82) is 0 Å². The maximum atomic E-state index is 12.9. The number of likely N-dealkylation sites (tertiary alicyclic amines) is 1. The highest BCUT2D eigenvalue weighted by Crippen LogP contribution is 2.28. The summed E-state index contributed by atoms with van der Waals surface area (Å²) in [7, 11) is 0. The SMILES string of the molecule is NC(=O)C1CCCN(C(=O)c2ccccc2SCc2cscn2)C1. The molecule has 24 heavy (non-hydrogen) atoms. The third-order valence-corrected chi connectivity index (χ3v) is 5.83. The van der Waals surface area contributed by atoms with Gasteiger partial charge >= 0.3 is 0 Å². The van der Waals surface area contributed by atoms with Crippen LogP contribution in [0.25, 0.3) is 0 Å². The van der Waals surface area contributed by atoms with E-state index in [2.05, 4.69) is 4.98 Å². The predicted octanol–water partition coefficient (Wildman–Crippen LogP) is 2.77. The van der Waals surface area contributed by atoms with Gasteiger partial charge in [-0.1, -0.05) is 12.1 Å². The van der Waals surface area contributed by atoms with Crippen molar-refractivity contribution in [2.45, 2.75) is 23.5 Å². The zero-order valence-electron chi connectivity index (χ0n) is 13.2. The number of hydrogen-bond acceptors (Lipinski definition) is 5. The zero-order chi connectivity index (χ0) is 16.9. The molecule has 7 heteroatoms. The molecule has 0 saturated carbocycles.